The van der Waals surface area contributed by atoms with E-state index in [0.29, 0.717) is 22.0 Å². The van der Waals surface area contributed by atoms with Crippen LogP contribution in [-0.2, 0) is 6.61 Å². The number of aromatic carboxylic acids is 1. The van der Waals surface area contributed by atoms with Crippen molar-refractivity contribution in [1.29, 1.82) is 5.26 Å². The lowest BCUT2D eigenvalue weighted by atomic mass is 10.2. The SMILES string of the molecule is N#Cc1ccc(Cl)cc1OCc1ccc(C(=O)O)cn1. The lowest BCUT2D eigenvalue weighted by Gasteiger charge is -2.08. The largest absolute Gasteiger partial charge is 0.486 e. The minimum absolute atomic E-state index is 0.106. The molecular formula is C14H9ClN2O3. The molecule has 1 heterocycles. The lowest BCUT2D eigenvalue weighted by molar-refractivity contribution is 0.0696. The second kappa shape index (κ2) is 6.04. The van der Waals surface area contributed by atoms with E-state index in [2.05, 4.69) is 4.98 Å². The van der Waals surface area contributed by atoms with Crippen molar-refractivity contribution in [1.82, 2.24) is 4.98 Å². The number of carboxylic acid groups (broad SMARTS) is 1. The van der Waals surface area contributed by atoms with Crippen LogP contribution in [0.2, 0.25) is 5.02 Å². The van der Waals surface area contributed by atoms with E-state index < -0.39 is 5.97 Å². The van der Waals surface area contributed by atoms with E-state index in [-0.39, 0.29) is 12.2 Å². The van der Waals surface area contributed by atoms with E-state index in [1.807, 2.05) is 6.07 Å². The highest BCUT2D eigenvalue weighted by Crippen LogP contribution is 2.23. The summed E-state index contributed by atoms with van der Waals surface area (Å²) in [5.74, 6) is -0.671. The molecule has 0 bridgehead atoms. The summed E-state index contributed by atoms with van der Waals surface area (Å²) in [7, 11) is 0. The topological polar surface area (TPSA) is 83.2 Å². The van der Waals surface area contributed by atoms with Crippen LogP contribution in [0.25, 0.3) is 0 Å². The summed E-state index contributed by atoms with van der Waals surface area (Å²) in [5.41, 5.74) is 1.03. The van der Waals surface area contributed by atoms with E-state index in [0.717, 1.165) is 0 Å². The Bertz CT molecular complexity index is 678. The molecule has 0 spiro atoms. The molecule has 0 saturated carbocycles. The Morgan fingerprint density at radius 2 is 2.20 bits per heavy atom. The molecule has 20 heavy (non-hydrogen) atoms. The molecule has 2 aromatic rings. The van der Waals surface area contributed by atoms with E-state index in [4.69, 9.17) is 26.7 Å². The van der Waals surface area contributed by atoms with Crippen LogP contribution in [0.1, 0.15) is 21.6 Å². The highest BCUT2D eigenvalue weighted by molar-refractivity contribution is 6.30. The maximum atomic E-state index is 10.7. The zero-order chi connectivity index (χ0) is 14.5. The van der Waals surface area contributed by atoms with Crippen molar-refractivity contribution in [2.75, 3.05) is 0 Å². The van der Waals surface area contributed by atoms with Gasteiger partial charge >= 0.3 is 5.97 Å². The number of rotatable bonds is 4. The number of hydrogen-bond donors (Lipinski definition) is 1. The van der Waals surface area contributed by atoms with Gasteiger partial charge in [0, 0.05) is 17.3 Å². The summed E-state index contributed by atoms with van der Waals surface area (Å²) < 4.78 is 5.48. The van der Waals surface area contributed by atoms with Crippen LogP contribution in [0.3, 0.4) is 0 Å². The molecule has 0 unspecified atom stereocenters. The third-order valence-corrected chi connectivity index (χ3v) is 2.75. The zero-order valence-corrected chi connectivity index (χ0v) is 11.0. The fourth-order valence-electron chi connectivity index (χ4n) is 1.50. The number of aromatic nitrogens is 1. The van der Waals surface area contributed by atoms with Crippen molar-refractivity contribution in [3.63, 3.8) is 0 Å². The first-order valence-corrected chi connectivity index (χ1v) is 5.98. The van der Waals surface area contributed by atoms with E-state index in [9.17, 15) is 4.79 Å². The molecule has 0 amide bonds. The quantitative estimate of drug-likeness (QED) is 0.935. The molecule has 1 aromatic carbocycles. The smallest absolute Gasteiger partial charge is 0.337 e. The van der Waals surface area contributed by atoms with Crippen molar-refractivity contribution in [3.05, 3.63) is 58.4 Å². The van der Waals surface area contributed by atoms with Gasteiger partial charge in [-0.1, -0.05) is 11.6 Å². The van der Waals surface area contributed by atoms with Crippen molar-refractivity contribution in [2.24, 2.45) is 0 Å². The molecule has 0 radical (unpaired) electrons. The second-order valence-corrected chi connectivity index (χ2v) is 4.32. The van der Waals surface area contributed by atoms with Crippen LogP contribution >= 0.6 is 11.6 Å². The molecule has 5 nitrogen and oxygen atoms in total. The number of halogens is 1. The molecule has 0 fully saturated rings. The molecule has 6 heteroatoms. The number of carbonyl (C=O) groups is 1. The van der Waals surface area contributed by atoms with Gasteiger partial charge in [-0.05, 0) is 24.3 Å². The summed E-state index contributed by atoms with van der Waals surface area (Å²) in [4.78, 5) is 14.7. The van der Waals surface area contributed by atoms with E-state index in [1.165, 1.54) is 12.3 Å². The van der Waals surface area contributed by atoms with Gasteiger partial charge in [0.15, 0.2) is 0 Å². The van der Waals surface area contributed by atoms with Crippen molar-refractivity contribution >= 4 is 17.6 Å². The predicted molar refractivity (Wildman–Crippen MR) is 71.7 cm³/mol. The van der Waals surface area contributed by atoms with Crippen molar-refractivity contribution in [3.8, 4) is 11.8 Å². The molecule has 100 valence electrons. The van der Waals surface area contributed by atoms with E-state index in [1.54, 1.807) is 24.3 Å². The molecular weight excluding hydrogens is 280 g/mol. The monoisotopic (exact) mass is 288 g/mol. The molecule has 0 saturated heterocycles. The van der Waals surface area contributed by atoms with Gasteiger partial charge in [-0.2, -0.15) is 5.26 Å². The first-order chi connectivity index (χ1) is 9.60. The Balaban J connectivity index is 2.11. The first kappa shape index (κ1) is 13.8. The van der Waals surface area contributed by atoms with Crippen LogP contribution in [0.4, 0.5) is 0 Å². The first-order valence-electron chi connectivity index (χ1n) is 5.61. The number of nitrogens with zero attached hydrogens (tertiary/aromatic N) is 2. The Hall–Kier alpha value is -2.58. The third kappa shape index (κ3) is 3.25. The number of carboxylic acids is 1. The summed E-state index contributed by atoms with van der Waals surface area (Å²) in [6, 6.07) is 9.72. The Morgan fingerprint density at radius 1 is 1.40 bits per heavy atom. The lowest BCUT2D eigenvalue weighted by Crippen LogP contribution is -2.02. The maximum absolute atomic E-state index is 10.7. The minimum atomic E-state index is -1.04. The minimum Gasteiger partial charge on any atom is -0.486 e. The van der Waals surface area contributed by atoms with Crippen LogP contribution in [-0.4, -0.2) is 16.1 Å². The Labute approximate surface area is 120 Å². The van der Waals surface area contributed by atoms with E-state index >= 15 is 0 Å². The highest BCUT2D eigenvalue weighted by atomic mass is 35.5. The normalized spacial score (nSPS) is 9.80. The number of benzene rings is 1. The Kier molecular flexibility index (Phi) is 4.18. The number of hydrogen-bond acceptors (Lipinski definition) is 4. The zero-order valence-electron chi connectivity index (χ0n) is 10.2. The number of nitriles is 1. The van der Waals surface area contributed by atoms with Gasteiger partial charge in [0.1, 0.15) is 18.4 Å². The van der Waals surface area contributed by atoms with Crippen molar-refractivity contribution < 1.29 is 14.6 Å². The van der Waals surface area contributed by atoms with Crippen LogP contribution in [0.5, 0.6) is 5.75 Å². The van der Waals surface area contributed by atoms with Crippen LogP contribution in [0.15, 0.2) is 36.5 Å². The van der Waals surface area contributed by atoms with Gasteiger partial charge in [-0.15, -0.1) is 0 Å². The highest BCUT2D eigenvalue weighted by Gasteiger charge is 2.06. The molecule has 0 atom stereocenters. The second-order valence-electron chi connectivity index (χ2n) is 3.88. The predicted octanol–water partition coefficient (Wildman–Crippen LogP) is 2.88. The molecule has 0 aliphatic carbocycles. The molecule has 1 N–H and O–H groups in total. The molecule has 2 rings (SSSR count). The summed E-state index contributed by atoms with van der Waals surface area (Å²) in [6.07, 6.45) is 1.25. The Morgan fingerprint density at radius 3 is 2.80 bits per heavy atom. The van der Waals surface area contributed by atoms with Gasteiger partial charge in [-0.25, -0.2) is 4.79 Å². The van der Waals surface area contributed by atoms with Gasteiger partial charge in [0.25, 0.3) is 0 Å². The number of ether oxygens (including phenoxy) is 1. The van der Waals surface area contributed by atoms with Crippen LogP contribution in [0, 0.1) is 11.3 Å². The summed E-state index contributed by atoms with van der Waals surface area (Å²) in [5, 5.41) is 18.2. The average Bonchev–Trinajstić information content (AvgIpc) is 2.45. The van der Waals surface area contributed by atoms with Crippen LogP contribution < -0.4 is 4.74 Å². The fourth-order valence-corrected chi connectivity index (χ4v) is 1.66. The summed E-state index contributed by atoms with van der Waals surface area (Å²) >= 11 is 5.84. The maximum Gasteiger partial charge on any atom is 0.337 e. The number of pyridine rings is 1. The van der Waals surface area contributed by atoms with Crippen molar-refractivity contribution in [2.45, 2.75) is 6.61 Å². The van der Waals surface area contributed by atoms with Gasteiger partial charge in [0.2, 0.25) is 0 Å². The standard InChI is InChI=1S/C14H9ClN2O3/c15-11-3-1-9(6-16)13(5-11)20-8-12-4-2-10(7-17-12)14(18)19/h1-5,7H,8H2,(H,18,19). The fraction of sp³-hybridized carbons (Fsp3) is 0.0714. The van der Waals surface area contributed by atoms with Gasteiger partial charge in [0.05, 0.1) is 16.8 Å². The third-order valence-electron chi connectivity index (χ3n) is 2.51. The molecule has 1 aromatic heterocycles. The average molecular weight is 289 g/mol. The molecule has 0 aliphatic rings. The molecule has 0 aliphatic heterocycles. The summed E-state index contributed by atoms with van der Waals surface area (Å²) in [6.45, 7) is 0.120. The van der Waals surface area contributed by atoms with Gasteiger partial charge in [-0.3, -0.25) is 4.98 Å². The van der Waals surface area contributed by atoms with Gasteiger partial charge < -0.3 is 9.84 Å².